The van der Waals surface area contributed by atoms with E-state index in [-0.39, 0.29) is 6.54 Å². The predicted molar refractivity (Wildman–Crippen MR) is 66.7 cm³/mol. The lowest BCUT2D eigenvalue weighted by atomic mass is 10.1. The topological polar surface area (TPSA) is 70.6 Å². The summed E-state index contributed by atoms with van der Waals surface area (Å²) in [6.45, 7) is -0.159. The van der Waals surface area contributed by atoms with E-state index < -0.39 is 24.5 Å². The molecule has 18 heavy (non-hydrogen) atoms. The highest BCUT2D eigenvalue weighted by molar-refractivity contribution is 9.10. The number of amidine groups is 1. The monoisotopic (exact) mass is 345 g/mol. The van der Waals surface area contributed by atoms with Crippen molar-refractivity contribution in [2.75, 3.05) is 6.54 Å². The molecule has 0 aliphatic heterocycles. The summed E-state index contributed by atoms with van der Waals surface area (Å²) in [5.41, 5.74) is 5.03. The van der Waals surface area contributed by atoms with Gasteiger partial charge in [-0.05, 0) is 27.4 Å². The third-order valence-corrected chi connectivity index (χ3v) is 4.12. The van der Waals surface area contributed by atoms with E-state index in [2.05, 4.69) is 26.4 Å². The van der Waals surface area contributed by atoms with Gasteiger partial charge in [0.25, 0.3) is 0 Å². The van der Waals surface area contributed by atoms with E-state index in [9.17, 15) is 13.2 Å². The summed E-state index contributed by atoms with van der Waals surface area (Å²) in [6, 6.07) is 1.81. The Bertz CT molecular complexity index is 421. The normalized spacial score (nSPS) is 14.8. The molecule has 9 heteroatoms. The average Bonchev–Trinajstić information content (AvgIpc) is 2.68. The van der Waals surface area contributed by atoms with Crippen molar-refractivity contribution >= 4 is 33.1 Å². The fourth-order valence-corrected chi connectivity index (χ4v) is 2.70. The first kappa shape index (κ1) is 15.3. The summed E-state index contributed by atoms with van der Waals surface area (Å²) in [7, 11) is 0. The Kier molecular flexibility index (Phi) is 5.42. The van der Waals surface area contributed by atoms with Gasteiger partial charge in [0.2, 0.25) is 0 Å². The first-order valence-electron chi connectivity index (χ1n) is 4.83. The largest absolute Gasteiger partial charge is 0.409 e. The van der Waals surface area contributed by atoms with Gasteiger partial charge < -0.3 is 16.3 Å². The Morgan fingerprint density at radius 3 is 2.72 bits per heavy atom. The van der Waals surface area contributed by atoms with Crippen LogP contribution in [-0.4, -0.2) is 23.8 Å². The first-order chi connectivity index (χ1) is 8.36. The molecule has 0 radical (unpaired) electrons. The van der Waals surface area contributed by atoms with Crippen LogP contribution in [0, 0.1) is 5.92 Å². The molecule has 1 unspecified atom stereocenters. The number of nitrogens with two attached hydrogens (primary N) is 1. The van der Waals surface area contributed by atoms with Crippen LogP contribution in [0.15, 0.2) is 21.1 Å². The van der Waals surface area contributed by atoms with E-state index >= 15 is 0 Å². The molecule has 0 aliphatic carbocycles. The molecule has 0 spiro atoms. The van der Waals surface area contributed by atoms with Crippen LogP contribution >= 0.6 is 27.3 Å². The molecule has 4 nitrogen and oxygen atoms in total. The number of hydrogen-bond donors (Lipinski definition) is 3. The van der Waals surface area contributed by atoms with Gasteiger partial charge in [0.15, 0.2) is 5.84 Å². The third kappa shape index (κ3) is 4.14. The molecular formula is C9H11BrF3N3OS. The Labute approximate surface area is 114 Å². The van der Waals surface area contributed by atoms with E-state index in [0.717, 1.165) is 9.35 Å². The number of hydrogen-bond acceptors (Lipinski definition) is 4. The summed E-state index contributed by atoms with van der Waals surface area (Å²) in [5.74, 6) is -2.85. The fourth-order valence-electron chi connectivity index (χ4n) is 1.24. The molecule has 1 aromatic heterocycles. The minimum Gasteiger partial charge on any atom is -0.409 e. The smallest absolute Gasteiger partial charge is 0.400 e. The number of alkyl halides is 3. The van der Waals surface area contributed by atoms with Crippen molar-refractivity contribution in [3.05, 3.63) is 20.8 Å². The van der Waals surface area contributed by atoms with Crippen LogP contribution in [0.4, 0.5) is 13.2 Å². The van der Waals surface area contributed by atoms with E-state index in [4.69, 9.17) is 10.9 Å². The van der Waals surface area contributed by atoms with Crippen molar-refractivity contribution in [1.82, 2.24) is 5.32 Å². The van der Waals surface area contributed by atoms with Crippen LogP contribution in [0.3, 0.4) is 0 Å². The highest BCUT2D eigenvalue weighted by Crippen LogP contribution is 2.26. The lowest BCUT2D eigenvalue weighted by Gasteiger charge is -2.19. The molecule has 0 aliphatic rings. The van der Waals surface area contributed by atoms with Crippen molar-refractivity contribution < 1.29 is 18.4 Å². The Hall–Kier alpha value is -0.800. The molecule has 4 N–H and O–H groups in total. The Morgan fingerprint density at radius 1 is 1.61 bits per heavy atom. The molecule has 0 bridgehead atoms. The second-order valence-corrected chi connectivity index (χ2v) is 5.30. The zero-order valence-corrected chi connectivity index (χ0v) is 11.4. The number of nitrogens with one attached hydrogen (secondary N) is 1. The minimum absolute atomic E-state index is 0.281. The molecule has 0 saturated carbocycles. The summed E-state index contributed by atoms with van der Waals surface area (Å²) < 4.78 is 38.6. The van der Waals surface area contributed by atoms with Gasteiger partial charge in [-0.1, -0.05) is 5.16 Å². The van der Waals surface area contributed by atoms with Gasteiger partial charge in [-0.2, -0.15) is 13.2 Å². The fraction of sp³-hybridized carbons (Fsp3) is 0.444. The standard InChI is InChI=1S/C9H11BrF3N3OS/c10-6-1-2-18-7(6)4-15-3-5(8(14)16-17)9(11,12)13/h1-2,5,15,17H,3-4H2,(H2,14,16). The lowest BCUT2D eigenvalue weighted by molar-refractivity contribution is -0.154. The van der Waals surface area contributed by atoms with Crippen LogP contribution in [-0.2, 0) is 6.54 Å². The van der Waals surface area contributed by atoms with Crippen LogP contribution in [0.5, 0.6) is 0 Å². The van der Waals surface area contributed by atoms with Crippen LogP contribution in [0.2, 0.25) is 0 Å². The maximum atomic E-state index is 12.6. The zero-order chi connectivity index (χ0) is 13.8. The molecule has 102 valence electrons. The van der Waals surface area contributed by atoms with Crippen molar-refractivity contribution in [2.45, 2.75) is 12.7 Å². The van der Waals surface area contributed by atoms with E-state index in [1.807, 2.05) is 11.4 Å². The number of nitrogens with zero attached hydrogens (tertiary/aromatic N) is 1. The molecule has 0 fully saturated rings. The first-order valence-corrected chi connectivity index (χ1v) is 6.50. The number of thiophene rings is 1. The van der Waals surface area contributed by atoms with E-state index in [1.54, 1.807) is 0 Å². The van der Waals surface area contributed by atoms with E-state index in [0.29, 0.717) is 0 Å². The van der Waals surface area contributed by atoms with Crippen LogP contribution < -0.4 is 11.1 Å². The molecule has 0 saturated heterocycles. The molecule has 1 rings (SSSR count). The quantitative estimate of drug-likeness (QED) is 0.332. The number of oxime groups is 1. The Balaban J connectivity index is 2.56. The van der Waals surface area contributed by atoms with Gasteiger partial charge >= 0.3 is 6.18 Å². The summed E-state index contributed by atoms with van der Waals surface area (Å²) in [4.78, 5) is 0.885. The lowest BCUT2D eigenvalue weighted by Crippen LogP contribution is -2.42. The van der Waals surface area contributed by atoms with Gasteiger partial charge in [0.1, 0.15) is 5.92 Å². The zero-order valence-electron chi connectivity index (χ0n) is 9.04. The Morgan fingerprint density at radius 2 is 2.28 bits per heavy atom. The molecular weight excluding hydrogens is 335 g/mol. The minimum atomic E-state index is -4.55. The second kappa shape index (κ2) is 6.39. The summed E-state index contributed by atoms with van der Waals surface area (Å²) in [5, 5.41) is 15.2. The van der Waals surface area contributed by atoms with Crippen molar-refractivity contribution in [1.29, 1.82) is 0 Å². The summed E-state index contributed by atoms with van der Waals surface area (Å²) >= 11 is 4.70. The molecule has 1 heterocycles. The molecule has 1 atom stereocenters. The van der Waals surface area contributed by atoms with Gasteiger partial charge in [-0.3, -0.25) is 0 Å². The second-order valence-electron chi connectivity index (χ2n) is 3.44. The maximum Gasteiger partial charge on any atom is 0.400 e. The van der Waals surface area contributed by atoms with Crippen LogP contribution in [0.1, 0.15) is 4.88 Å². The van der Waals surface area contributed by atoms with E-state index in [1.165, 1.54) is 11.3 Å². The third-order valence-electron chi connectivity index (χ3n) is 2.19. The molecule has 0 amide bonds. The summed E-state index contributed by atoms with van der Waals surface area (Å²) in [6.07, 6.45) is -4.55. The highest BCUT2D eigenvalue weighted by atomic mass is 79.9. The van der Waals surface area contributed by atoms with Crippen LogP contribution in [0.25, 0.3) is 0 Å². The molecule has 1 aromatic rings. The average molecular weight is 346 g/mol. The molecule has 0 aromatic carbocycles. The highest BCUT2D eigenvalue weighted by Gasteiger charge is 2.42. The predicted octanol–water partition coefficient (Wildman–Crippen LogP) is 2.53. The van der Waals surface area contributed by atoms with Gasteiger partial charge in [0, 0.05) is 22.4 Å². The van der Waals surface area contributed by atoms with Gasteiger partial charge in [0.05, 0.1) is 0 Å². The SMILES string of the molecule is N/C(=N/O)C(CNCc1sccc1Br)C(F)(F)F. The number of rotatable bonds is 5. The maximum absolute atomic E-state index is 12.6. The van der Waals surface area contributed by atoms with Gasteiger partial charge in [-0.25, -0.2) is 0 Å². The van der Waals surface area contributed by atoms with Crippen molar-refractivity contribution in [2.24, 2.45) is 16.8 Å². The van der Waals surface area contributed by atoms with Gasteiger partial charge in [-0.15, -0.1) is 11.3 Å². The van der Waals surface area contributed by atoms with Crippen molar-refractivity contribution in [3.63, 3.8) is 0 Å². The van der Waals surface area contributed by atoms with Crippen molar-refractivity contribution in [3.8, 4) is 0 Å². The number of halogens is 4.